The largest absolute Gasteiger partial charge is 0.357 e. The van der Waals surface area contributed by atoms with Crippen molar-refractivity contribution in [1.82, 2.24) is 30.3 Å². The van der Waals surface area contributed by atoms with Crippen LogP contribution in [-0.4, -0.2) is 52.2 Å². The third-order valence-corrected chi connectivity index (χ3v) is 4.38. The number of carbonyl (C=O) groups excluding carboxylic acids is 1. The van der Waals surface area contributed by atoms with Crippen LogP contribution in [0.4, 0.5) is 0 Å². The number of amides is 1. The van der Waals surface area contributed by atoms with Crippen LogP contribution in [0.3, 0.4) is 0 Å². The van der Waals surface area contributed by atoms with E-state index in [0.29, 0.717) is 18.7 Å². The van der Waals surface area contributed by atoms with E-state index in [9.17, 15) is 4.79 Å². The predicted octanol–water partition coefficient (Wildman–Crippen LogP) is 2.84. The average molecular weight is 533 g/mol. The SMILES string of the molecule is CCNC(=NCc1ccnc(-n2cccn2)c1)NCc1ccc(C(=O)N(C)C)cc1.I. The number of aliphatic imine (C=N–C) groups is 1. The van der Waals surface area contributed by atoms with Gasteiger partial charge >= 0.3 is 0 Å². The van der Waals surface area contributed by atoms with Crippen molar-refractivity contribution < 1.29 is 4.79 Å². The minimum atomic E-state index is -0.00348. The van der Waals surface area contributed by atoms with Gasteiger partial charge in [0.25, 0.3) is 5.91 Å². The van der Waals surface area contributed by atoms with Crippen LogP contribution in [0.1, 0.15) is 28.4 Å². The Kier molecular flexibility index (Phi) is 9.44. The first-order chi connectivity index (χ1) is 14.6. The van der Waals surface area contributed by atoms with E-state index in [0.717, 1.165) is 29.4 Å². The highest BCUT2D eigenvalue weighted by atomic mass is 127. The van der Waals surface area contributed by atoms with Gasteiger partial charge in [0.1, 0.15) is 0 Å². The molecule has 2 N–H and O–H groups in total. The van der Waals surface area contributed by atoms with Crippen molar-refractivity contribution in [3.8, 4) is 5.82 Å². The van der Waals surface area contributed by atoms with Crippen LogP contribution in [0.25, 0.3) is 5.82 Å². The summed E-state index contributed by atoms with van der Waals surface area (Å²) in [5, 5.41) is 10.8. The molecule has 8 nitrogen and oxygen atoms in total. The molecule has 164 valence electrons. The fourth-order valence-corrected chi connectivity index (χ4v) is 2.81. The number of nitrogens with zero attached hydrogens (tertiary/aromatic N) is 5. The molecule has 0 bridgehead atoms. The summed E-state index contributed by atoms with van der Waals surface area (Å²) in [6.45, 7) is 3.91. The van der Waals surface area contributed by atoms with Gasteiger partial charge in [-0.15, -0.1) is 24.0 Å². The van der Waals surface area contributed by atoms with Crippen molar-refractivity contribution in [3.05, 3.63) is 77.7 Å². The van der Waals surface area contributed by atoms with Gasteiger partial charge in [0.15, 0.2) is 11.8 Å². The smallest absolute Gasteiger partial charge is 0.253 e. The van der Waals surface area contributed by atoms with E-state index < -0.39 is 0 Å². The number of guanidine groups is 1. The van der Waals surface area contributed by atoms with Crippen LogP contribution in [0, 0.1) is 0 Å². The van der Waals surface area contributed by atoms with E-state index in [4.69, 9.17) is 0 Å². The zero-order chi connectivity index (χ0) is 21.3. The molecule has 9 heteroatoms. The lowest BCUT2D eigenvalue weighted by Gasteiger charge is -2.13. The molecule has 2 aromatic heterocycles. The first kappa shape index (κ1) is 24.3. The van der Waals surface area contributed by atoms with Gasteiger partial charge in [-0.1, -0.05) is 12.1 Å². The molecule has 0 spiro atoms. The van der Waals surface area contributed by atoms with Crippen LogP contribution < -0.4 is 10.6 Å². The molecule has 0 radical (unpaired) electrons. The lowest BCUT2D eigenvalue weighted by Crippen LogP contribution is -2.36. The molecule has 0 fully saturated rings. The van der Waals surface area contributed by atoms with Crippen molar-refractivity contribution in [3.63, 3.8) is 0 Å². The Hall–Kier alpha value is -2.95. The molecule has 1 amide bonds. The van der Waals surface area contributed by atoms with E-state index >= 15 is 0 Å². The summed E-state index contributed by atoms with van der Waals surface area (Å²) in [7, 11) is 3.50. The molecule has 1 aromatic carbocycles. The van der Waals surface area contributed by atoms with Crippen LogP contribution >= 0.6 is 24.0 Å². The number of rotatable bonds is 7. The van der Waals surface area contributed by atoms with Crippen LogP contribution in [0.15, 0.2) is 66.0 Å². The molecule has 2 heterocycles. The summed E-state index contributed by atoms with van der Waals surface area (Å²) in [6, 6.07) is 13.4. The summed E-state index contributed by atoms with van der Waals surface area (Å²) in [6.07, 6.45) is 5.35. The lowest BCUT2D eigenvalue weighted by molar-refractivity contribution is 0.0827. The Labute approximate surface area is 199 Å². The zero-order valence-corrected chi connectivity index (χ0v) is 20.3. The molecule has 0 atom stereocenters. The maximum absolute atomic E-state index is 12.0. The average Bonchev–Trinajstić information content (AvgIpc) is 3.31. The number of carbonyl (C=O) groups is 1. The molecule has 3 aromatic rings. The third-order valence-electron chi connectivity index (χ3n) is 4.38. The Bertz CT molecular complexity index is 985. The van der Waals surface area contributed by atoms with E-state index in [1.165, 1.54) is 0 Å². The molecule has 0 unspecified atom stereocenters. The molecule has 31 heavy (non-hydrogen) atoms. The maximum atomic E-state index is 12.0. The molecular formula is C22H28IN7O. The van der Waals surface area contributed by atoms with E-state index in [-0.39, 0.29) is 29.9 Å². The lowest BCUT2D eigenvalue weighted by atomic mass is 10.1. The first-order valence-corrected chi connectivity index (χ1v) is 9.84. The molecule has 0 aliphatic rings. The molecule has 0 aliphatic carbocycles. The number of pyridine rings is 1. The van der Waals surface area contributed by atoms with Gasteiger partial charge in [0.2, 0.25) is 0 Å². The second kappa shape index (κ2) is 12.0. The van der Waals surface area contributed by atoms with Gasteiger partial charge in [0.05, 0.1) is 6.54 Å². The van der Waals surface area contributed by atoms with Crippen LogP contribution in [0.5, 0.6) is 0 Å². The van der Waals surface area contributed by atoms with Crippen molar-refractivity contribution in [2.24, 2.45) is 4.99 Å². The van der Waals surface area contributed by atoms with Gasteiger partial charge in [-0.3, -0.25) is 4.79 Å². The predicted molar refractivity (Wildman–Crippen MR) is 133 cm³/mol. The minimum Gasteiger partial charge on any atom is -0.357 e. The quantitative estimate of drug-likeness (QED) is 0.277. The molecule has 3 rings (SSSR count). The normalized spacial score (nSPS) is 10.9. The first-order valence-electron chi connectivity index (χ1n) is 9.84. The number of benzene rings is 1. The highest BCUT2D eigenvalue weighted by molar-refractivity contribution is 14.0. The topological polar surface area (TPSA) is 87.4 Å². The molecule has 0 aliphatic heterocycles. The van der Waals surface area contributed by atoms with E-state index in [1.807, 2.05) is 55.6 Å². The fourth-order valence-electron chi connectivity index (χ4n) is 2.81. The Morgan fingerprint density at radius 3 is 2.52 bits per heavy atom. The van der Waals surface area contributed by atoms with E-state index in [1.54, 1.807) is 36.1 Å². The number of nitrogens with one attached hydrogen (secondary N) is 2. The highest BCUT2D eigenvalue weighted by Crippen LogP contribution is 2.08. The summed E-state index contributed by atoms with van der Waals surface area (Å²) >= 11 is 0. The number of hydrogen-bond donors (Lipinski definition) is 2. The Morgan fingerprint density at radius 1 is 1.10 bits per heavy atom. The van der Waals surface area contributed by atoms with Gasteiger partial charge in [0, 0.05) is 51.3 Å². The van der Waals surface area contributed by atoms with Crippen LogP contribution in [0.2, 0.25) is 0 Å². The standard InChI is InChI=1S/C22H27N7O.HI/c1-4-23-22(25-15-17-6-8-19(9-7-17)21(30)28(2)3)26-16-18-10-12-24-20(14-18)29-13-5-11-27-29;/h5-14H,4,15-16H2,1-3H3,(H2,23,25,26);1H. The van der Waals surface area contributed by atoms with Gasteiger partial charge in [-0.2, -0.15) is 5.10 Å². The van der Waals surface area contributed by atoms with Gasteiger partial charge in [-0.25, -0.2) is 14.7 Å². The van der Waals surface area contributed by atoms with Crippen molar-refractivity contribution in [2.45, 2.75) is 20.0 Å². The Morgan fingerprint density at radius 2 is 1.87 bits per heavy atom. The molecule has 0 saturated carbocycles. The second-order valence-corrected chi connectivity index (χ2v) is 6.92. The van der Waals surface area contributed by atoms with Crippen molar-refractivity contribution >= 4 is 35.8 Å². The van der Waals surface area contributed by atoms with Crippen molar-refractivity contribution in [2.75, 3.05) is 20.6 Å². The number of halogens is 1. The monoisotopic (exact) mass is 533 g/mol. The highest BCUT2D eigenvalue weighted by Gasteiger charge is 2.07. The van der Waals surface area contributed by atoms with Crippen LogP contribution in [-0.2, 0) is 13.1 Å². The minimum absolute atomic E-state index is 0. The summed E-state index contributed by atoms with van der Waals surface area (Å²) in [5.74, 6) is 1.48. The van der Waals surface area contributed by atoms with Gasteiger partial charge < -0.3 is 15.5 Å². The maximum Gasteiger partial charge on any atom is 0.253 e. The Balaban J connectivity index is 0.00000341. The third kappa shape index (κ3) is 7.06. The number of hydrogen-bond acceptors (Lipinski definition) is 4. The molecule has 0 saturated heterocycles. The zero-order valence-electron chi connectivity index (χ0n) is 17.9. The van der Waals surface area contributed by atoms with Crippen molar-refractivity contribution in [1.29, 1.82) is 0 Å². The number of aromatic nitrogens is 3. The summed E-state index contributed by atoms with van der Waals surface area (Å²) < 4.78 is 1.72. The molecular weight excluding hydrogens is 505 g/mol. The summed E-state index contributed by atoms with van der Waals surface area (Å²) in [4.78, 5) is 22.6. The van der Waals surface area contributed by atoms with Gasteiger partial charge in [-0.05, 0) is 48.4 Å². The summed E-state index contributed by atoms with van der Waals surface area (Å²) in [5.41, 5.74) is 2.79. The fraction of sp³-hybridized carbons (Fsp3) is 0.273. The second-order valence-electron chi connectivity index (χ2n) is 6.92. The van der Waals surface area contributed by atoms with E-state index in [2.05, 4.69) is 25.7 Å².